The minimum absolute atomic E-state index is 0.0277. The zero-order chi connectivity index (χ0) is 17.6. The Morgan fingerprint density at radius 1 is 0.960 bits per heavy atom. The second-order valence-electron chi connectivity index (χ2n) is 5.82. The molecule has 1 N–H and O–H groups in total. The Hall–Kier alpha value is -3.14. The van der Waals surface area contributed by atoms with Crippen LogP contribution in [0.4, 0.5) is 5.69 Å². The number of nitrogens with one attached hydrogen (secondary N) is 1. The quantitative estimate of drug-likeness (QED) is 0.664. The summed E-state index contributed by atoms with van der Waals surface area (Å²) in [7, 11) is 0. The molecule has 1 aromatic heterocycles. The molecule has 1 heterocycles. The summed E-state index contributed by atoms with van der Waals surface area (Å²) in [5.41, 5.74) is 2.22. The third-order valence-corrected chi connectivity index (χ3v) is 3.87. The summed E-state index contributed by atoms with van der Waals surface area (Å²) in [5, 5.41) is 2.81. The maximum Gasteiger partial charge on any atom is 0.224 e. The van der Waals surface area contributed by atoms with Gasteiger partial charge in [-0.1, -0.05) is 42.5 Å². The molecule has 0 bridgehead atoms. The van der Waals surface area contributed by atoms with E-state index in [1.54, 1.807) is 24.3 Å². The molecular weight excluding hydrogens is 314 g/mol. The maximum absolute atomic E-state index is 12.1. The van der Waals surface area contributed by atoms with Crippen LogP contribution in [0.25, 0.3) is 11.3 Å². The van der Waals surface area contributed by atoms with Crippen molar-refractivity contribution in [2.24, 2.45) is 0 Å². The SMILES string of the molecule is CC(=O)c1cccc(NC(=O)CCc2ccc(-c3ccccc3)o2)c1. The summed E-state index contributed by atoms with van der Waals surface area (Å²) < 4.78 is 5.80. The van der Waals surface area contributed by atoms with E-state index in [1.165, 1.54) is 6.92 Å². The van der Waals surface area contributed by atoms with Gasteiger partial charge < -0.3 is 9.73 Å². The zero-order valence-corrected chi connectivity index (χ0v) is 14.0. The van der Waals surface area contributed by atoms with Crippen molar-refractivity contribution >= 4 is 17.4 Å². The molecule has 0 radical (unpaired) electrons. The fourth-order valence-corrected chi connectivity index (χ4v) is 2.55. The van der Waals surface area contributed by atoms with E-state index in [2.05, 4.69) is 5.32 Å². The number of carbonyl (C=O) groups excluding carboxylic acids is 2. The van der Waals surface area contributed by atoms with Gasteiger partial charge in [0.25, 0.3) is 0 Å². The highest BCUT2D eigenvalue weighted by atomic mass is 16.3. The Morgan fingerprint density at radius 3 is 2.52 bits per heavy atom. The van der Waals surface area contributed by atoms with Gasteiger partial charge >= 0.3 is 0 Å². The molecule has 0 aliphatic heterocycles. The highest BCUT2D eigenvalue weighted by molar-refractivity contribution is 5.97. The molecular formula is C21H19NO3. The number of rotatable bonds is 6. The molecule has 4 heteroatoms. The molecule has 4 nitrogen and oxygen atoms in total. The molecule has 0 atom stereocenters. The van der Waals surface area contributed by atoms with Crippen molar-refractivity contribution in [3.8, 4) is 11.3 Å². The number of hydrogen-bond donors (Lipinski definition) is 1. The third-order valence-electron chi connectivity index (χ3n) is 3.87. The molecule has 0 fully saturated rings. The van der Waals surface area contributed by atoms with E-state index in [9.17, 15) is 9.59 Å². The van der Waals surface area contributed by atoms with Crippen LogP contribution in [0, 0.1) is 0 Å². The highest BCUT2D eigenvalue weighted by Crippen LogP contribution is 2.22. The molecule has 3 aromatic rings. The number of carbonyl (C=O) groups is 2. The molecule has 0 spiro atoms. The van der Waals surface area contributed by atoms with Crippen molar-refractivity contribution in [1.29, 1.82) is 0 Å². The van der Waals surface area contributed by atoms with Crippen molar-refractivity contribution in [3.05, 3.63) is 78.1 Å². The van der Waals surface area contributed by atoms with Gasteiger partial charge in [0.05, 0.1) is 0 Å². The van der Waals surface area contributed by atoms with Crippen molar-refractivity contribution in [3.63, 3.8) is 0 Å². The summed E-state index contributed by atoms with van der Waals surface area (Å²) in [5.74, 6) is 1.43. The van der Waals surface area contributed by atoms with Crippen LogP contribution in [0.5, 0.6) is 0 Å². The highest BCUT2D eigenvalue weighted by Gasteiger charge is 2.08. The summed E-state index contributed by atoms with van der Waals surface area (Å²) in [4.78, 5) is 23.5. The van der Waals surface area contributed by atoms with Crippen LogP contribution in [0.15, 0.2) is 71.1 Å². The monoisotopic (exact) mass is 333 g/mol. The molecule has 0 aliphatic carbocycles. The molecule has 25 heavy (non-hydrogen) atoms. The van der Waals surface area contributed by atoms with E-state index in [1.807, 2.05) is 42.5 Å². The average molecular weight is 333 g/mol. The van der Waals surface area contributed by atoms with E-state index >= 15 is 0 Å². The molecule has 0 saturated carbocycles. The van der Waals surface area contributed by atoms with Crippen LogP contribution < -0.4 is 5.32 Å². The Bertz CT molecular complexity index is 881. The van der Waals surface area contributed by atoms with Crippen molar-refractivity contribution in [2.45, 2.75) is 19.8 Å². The van der Waals surface area contributed by atoms with E-state index in [4.69, 9.17) is 4.42 Å². The minimum Gasteiger partial charge on any atom is -0.461 e. The van der Waals surface area contributed by atoms with E-state index in [0.29, 0.717) is 24.1 Å². The number of ketones is 1. The lowest BCUT2D eigenvalue weighted by atomic mass is 10.1. The summed E-state index contributed by atoms with van der Waals surface area (Å²) in [6.07, 6.45) is 0.830. The van der Waals surface area contributed by atoms with Crippen molar-refractivity contribution in [1.82, 2.24) is 0 Å². The number of furan rings is 1. The molecule has 3 rings (SSSR count). The molecule has 126 valence electrons. The Morgan fingerprint density at radius 2 is 1.76 bits per heavy atom. The Labute approximate surface area is 146 Å². The van der Waals surface area contributed by atoms with Crippen LogP contribution in [0.3, 0.4) is 0 Å². The van der Waals surface area contributed by atoms with Gasteiger partial charge in [0.2, 0.25) is 5.91 Å². The fraction of sp³-hybridized carbons (Fsp3) is 0.143. The normalized spacial score (nSPS) is 10.4. The van der Waals surface area contributed by atoms with E-state index in [0.717, 1.165) is 17.1 Å². The van der Waals surface area contributed by atoms with Gasteiger partial charge in [-0.05, 0) is 31.2 Å². The number of benzene rings is 2. The first-order valence-corrected chi connectivity index (χ1v) is 8.17. The number of Topliss-reactive ketones (excluding diaryl/α,β-unsaturated/α-hetero) is 1. The van der Waals surface area contributed by atoms with Gasteiger partial charge in [0, 0.05) is 29.7 Å². The second kappa shape index (κ2) is 7.62. The van der Waals surface area contributed by atoms with Crippen LogP contribution in [0.1, 0.15) is 29.5 Å². The Balaban J connectivity index is 1.57. The molecule has 0 saturated heterocycles. The van der Waals surface area contributed by atoms with Gasteiger partial charge in [-0.3, -0.25) is 9.59 Å². The molecule has 1 amide bonds. The molecule has 0 unspecified atom stereocenters. The predicted octanol–water partition coefficient (Wildman–Crippen LogP) is 4.72. The third kappa shape index (κ3) is 4.44. The smallest absolute Gasteiger partial charge is 0.224 e. The lowest BCUT2D eigenvalue weighted by molar-refractivity contribution is -0.116. The number of aryl methyl sites for hydroxylation is 1. The van der Waals surface area contributed by atoms with Gasteiger partial charge in [0.1, 0.15) is 11.5 Å². The van der Waals surface area contributed by atoms with Gasteiger partial charge in [0.15, 0.2) is 5.78 Å². The van der Waals surface area contributed by atoms with E-state index in [-0.39, 0.29) is 11.7 Å². The first kappa shape index (κ1) is 16.7. The first-order chi connectivity index (χ1) is 12.1. The summed E-state index contributed by atoms with van der Waals surface area (Å²) >= 11 is 0. The fourth-order valence-electron chi connectivity index (χ4n) is 2.55. The summed E-state index contributed by atoms with van der Waals surface area (Å²) in [6, 6.07) is 20.6. The van der Waals surface area contributed by atoms with Gasteiger partial charge in [-0.2, -0.15) is 0 Å². The van der Waals surface area contributed by atoms with Crippen LogP contribution in [0.2, 0.25) is 0 Å². The van der Waals surface area contributed by atoms with Crippen LogP contribution >= 0.6 is 0 Å². The summed E-state index contributed by atoms with van der Waals surface area (Å²) in [6.45, 7) is 1.50. The lowest BCUT2D eigenvalue weighted by Gasteiger charge is -2.06. The van der Waals surface area contributed by atoms with Crippen LogP contribution in [-0.2, 0) is 11.2 Å². The topological polar surface area (TPSA) is 59.3 Å². The van der Waals surface area contributed by atoms with Crippen molar-refractivity contribution < 1.29 is 14.0 Å². The number of anilines is 1. The number of amides is 1. The van der Waals surface area contributed by atoms with Crippen LogP contribution in [-0.4, -0.2) is 11.7 Å². The van der Waals surface area contributed by atoms with Gasteiger partial charge in [-0.15, -0.1) is 0 Å². The number of hydrogen-bond acceptors (Lipinski definition) is 3. The standard InChI is InChI=1S/C21H19NO3/c1-15(23)17-8-5-9-18(14-17)22-21(24)13-11-19-10-12-20(25-19)16-6-3-2-4-7-16/h2-10,12,14H,11,13H2,1H3,(H,22,24). The average Bonchev–Trinajstić information content (AvgIpc) is 3.10. The minimum atomic E-state index is -0.113. The first-order valence-electron chi connectivity index (χ1n) is 8.17. The zero-order valence-electron chi connectivity index (χ0n) is 14.0. The maximum atomic E-state index is 12.1. The van der Waals surface area contributed by atoms with Crippen molar-refractivity contribution in [2.75, 3.05) is 5.32 Å². The van der Waals surface area contributed by atoms with Gasteiger partial charge in [-0.25, -0.2) is 0 Å². The molecule has 0 aliphatic rings. The van der Waals surface area contributed by atoms with E-state index < -0.39 is 0 Å². The largest absolute Gasteiger partial charge is 0.461 e. The Kier molecular flexibility index (Phi) is 5.09. The molecule has 2 aromatic carbocycles. The lowest BCUT2D eigenvalue weighted by Crippen LogP contribution is -2.12. The second-order valence-corrected chi connectivity index (χ2v) is 5.82. The predicted molar refractivity (Wildman–Crippen MR) is 97.5 cm³/mol.